The van der Waals surface area contributed by atoms with Crippen LogP contribution in [0.5, 0.6) is 0 Å². The van der Waals surface area contributed by atoms with Crippen molar-refractivity contribution < 1.29 is 13.2 Å². The molecule has 2 aromatic heterocycles. The van der Waals surface area contributed by atoms with Crippen LogP contribution in [0.3, 0.4) is 0 Å². The fourth-order valence-electron chi connectivity index (χ4n) is 2.40. The zero-order chi connectivity index (χ0) is 20.1. The third-order valence-electron chi connectivity index (χ3n) is 3.79. The highest BCUT2D eigenvalue weighted by atomic mass is 19.2. The summed E-state index contributed by atoms with van der Waals surface area (Å²) >= 11 is 0. The van der Waals surface area contributed by atoms with Crippen molar-refractivity contribution in [3.8, 4) is 11.4 Å². The van der Waals surface area contributed by atoms with Crippen molar-refractivity contribution in [2.75, 3.05) is 37.8 Å². The van der Waals surface area contributed by atoms with Gasteiger partial charge in [-0.25, -0.2) is 18.2 Å². The molecule has 0 radical (unpaired) electrons. The molecule has 3 rings (SSSR count). The largest absolute Gasteiger partial charge is 0.353 e. The number of halogens is 3. The van der Waals surface area contributed by atoms with E-state index >= 15 is 0 Å². The predicted octanol–water partition coefficient (Wildman–Crippen LogP) is 3.67. The zero-order valence-corrected chi connectivity index (χ0v) is 15.4. The van der Waals surface area contributed by atoms with Gasteiger partial charge in [0.05, 0.1) is 11.4 Å². The number of nitrogens with zero attached hydrogens (tertiary/aromatic N) is 4. The fourth-order valence-corrected chi connectivity index (χ4v) is 2.40. The number of hydrogen-bond acceptors (Lipinski definition) is 6. The maximum atomic E-state index is 14.0. The van der Waals surface area contributed by atoms with Gasteiger partial charge in [0.1, 0.15) is 17.3 Å². The van der Waals surface area contributed by atoms with E-state index in [0.29, 0.717) is 17.9 Å². The Hall–Kier alpha value is -3.20. The van der Waals surface area contributed by atoms with Crippen LogP contribution in [-0.2, 0) is 0 Å². The second kappa shape index (κ2) is 8.66. The Kier molecular flexibility index (Phi) is 6.05. The van der Waals surface area contributed by atoms with Gasteiger partial charge in [-0.3, -0.25) is 4.98 Å². The summed E-state index contributed by atoms with van der Waals surface area (Å²) in [5.74, 6) is -3.05. The molecule has 0 aliphatic rings. The number of anilines is 3. The molecule has 0 bridgehead atoms. The van der Waals surface area contributed by atoms with E-state index < -0.39 is 23.1 Å². The minimum absolute atomic E-state index is 0.103. The Morgan fingerprint density at radius 2 is 1.75 bits per heavy atom. The number of rotatable bonds is 7. The standard InChI is InChI=1S/C19H19F3N6/c1-28(2)10-9-24-19-25-15(14-5-3-4-8-23-14)11-16(27-19)26-18-13(21)7-6-12(20)17(18)22/h3-8,11H,9-10H2,1-2H3,(H2,24,25,26,27). The molecule has 1 aromatic carbocycles. The Morgan fingerprint density at radius 1 is 0.964 bits per heavy atom. The van der Waals surface area contributed by atoms with Crippen LogP contribution in [0.2, 0.25) is 0 Å². The van der Waals surface area contributed by atoms with Crippen molar-refractivity contribution in [3.63, 3.8) is 0 Å². The van der Waals surface area contributed by atoms with Crippen molar-refractivity contribution >= 4 is 17.5 Å². The van der Waals surface area contributed by atoms with Crippen molar-refractivity contribution in [1.29, 1.82) is 0 Å². The first-order valence-corrected chi connectivity index (χ1v) is 8.53. The lowest BCUT2D eigenvalue weighted by atomic mass is 10.2. The minimum Gasteiger partial charge on any atom is -0.353 e. The van der Waals surface area contributed by atoms with Crippen LogP contribution in [0.15, 0.2) is 42.6 Å². The molecule has 146 valence electrons. The van der Waals surface area contributed by atoms with Gasteiger partial charge in [-0.05, 0) is 38.4 Å². The molecule has 0 unspecified atom stereocenters. The molecule has 3 aromatic rings. The lowest BCUT2D eigenvalue weighted by Gasteiger charge is -2.14. The average Bonchev–Trinajstić information content (AvgIpc) is 2.68. The summed E-state index contributed by atoms with van der Waals surface area (Å²) in [6.45, 7) is 1.29. The van der Waals surface area contributed by atoms with Gasteiger partial charge in [-0.1, -0.05) is 6.07 Å². The number of nitrogens with one attached hydrogen (secondary N) is 2. The predicted molar refractivity (Wildman–Crippen MR) is 102 cm³/mol. The van der Waals surface area contributed by atoms with Crippen LogP contribution in [0.25, 0.3) is 11.4 Å². The summed E-state index contributed by atoms with van der Waals surface area (Å²) in [6.07, 6.45) is 1.61. The third kappa shape index (κ3) is 4.74. The molecule has 2 heterocycles. The molecule has 2 N–H and O–H groups in total. The second-order valence-electron chi connectivity index (χ2n) is 6.25. The first kappa shape index (κ1) is 19.6. The van der Waals surface area contributed by atoms with E-state index in [1.807, 2.05) is 19.0 Å². The molecule has 0 atom stereocenters. The van der Waals surface area contributed by atoms with E-state index in [1.165, 1.54) is 6.07 Å². The molecule has 0 spiro atoms. The Labute approximate surface area is 160 Å². The summed E-state index contributed by atoms with van der Waals surface area (Å²) in [4.78, 5) is 14.8. The van der Waals surface area contributed by atoms with Crippen LogP contribution in [0, 0.1) is 17.5 Å². The SMILES string of the molecule is CN(C)CCNc1nc(Nc2c(F)ccc(F)c2F)cc(-c2ccccn2)n1. The molecule has 0 amide bonds. The highest BCUT2D eigenvalue weighted by molar-refractivity contribution is 5.65. The summed E-state index contributed by atoms with van der Waals surface area (Å²) < 4.78 is 41.5. The maximum absolute atomic E-state index is 14.0. The lowest BCUT2D eigenvalue weighted by Crippen LogP contribution is -2.21. The van der Waals surface area contributed by atoms with Gasteiger partial charge in [0.15, 0.2) is 11.6 Å². The molecular weight excluding hydrogens is 369 g/mol. The molecule has 0 saturated carbocycles. The normalized spacial score (nSPS) is 10.9. The summed E-state index contributed by atoms with van der Waals surface area (Å²) in [5, 5.41) is 5.57. The van der Waals surface area contributed by atoms with E-state index in [2.05, 4.69) is 25.6 Å². The van der Waals surface area contributed by atoms with Crippen molar-refractivity contribution in [2.24, 2.45) is 0 Å². The van der Waals surface area contributed by atoms with Crippen LogP contribution in [0.1, 0.15) is 0 Å². The number of hydrogen-bond donors (Lipinski definition) is 2. The second-order valence-corrected chi connectivity index (χ2v) is 6.25. The van der Waals surface area contributed by atoms with Gasteiger partial charge >= 0.3 is 0 Å². The van der Waals surface area contributed by atoms with Crippen LogP contribution in [0.4, 0.5) is 30.6 Å². The monoisotopic (exact) mass is 388 g/mol. The van der Waals surface area contributed by atoms with E-state index in [1.54, 1.807) is 24.4 Å². The van der Waals surface area contributed by atoms with Gasteiger partial charge in [-0.15, -0.1) is 0 Å². The molecule has 0 aliphatic heterocycles. The van der Waals surface area contributed by atoms with Crippen molar-refractivity contribution in [3.05, 3.63) is 60.0 Å². The van der Waals surface area contributed by atoms with Gasteiger partial charge in [0.2, 0.25) is 5.95 Å². The first-order chi connectivity index (χ1) is 13.4. The lowest BCUT2D eigenvalue weighted by molar-refractivity contribution is 0.425. The fraction of sp³-hybridized carbons (Fsp3) is 0.211. The van der Waals surface area contributed by atoms with Crippen LogP contribution >= 0.6 is 0 Å². The first-order valence-electron chi connectivity index (χ1n) is 8.53. The molecule has 9 heteroatoms. The molecular formula is C19H19F3N6. The minimum atomic E-state index is -1.32. The number of aromatic nitrogens is 3. The Balaban J connectivity index is 1.96. The topological polar surface area (TPSA) is 66.0 Å². The van der Waals surface area contributed by atoms with E-state index in [0.717, 1.165) is 18.7 Å². The molecule has 0 fully saturated rings. The summed E-state index contributed by atoms with van der Waals surface area (Å²) in [5.41, 5.74) is 0.386. The van der Waals surface area contributed by atoms with Crippen LogP contribution < -0.4 is 10.6 Å². The summed E-state index contributed by atoms with van der Waals surface area (Å²) in [7, 11) is 3.85. The number of pyridine rings is 1. The van der Waals surface area contributed by atoms with Gasteiger partial charge in [0, 0.05) is 25.4 Å². The van der Waals surface area contributed by atoms with Gasteiger partial charge in [-0.2, -0.15) is 4.98 Å². The molecule has 28 heavy (non-hydrogen) atoms. The zero-order valence-electron chi connectivity index (χ0n) is 15.4. The Bertz CT molecular complexity index is 950. The number of likely N-dealkylation sites (N-methyl/N-ethyl adjacent to an activating group) is 1. The van der Waals surface area contributed by atoms with E-state index in [4.69, 9.17) is 0 Å². The number of benzene rings is 1. The molecule has 0 saturated heterocycles. The third-order valence-corrected chi connectivity index (χ3v) is 3.79. The van der Waals surface area contributed by atoms with Gasteiger partial charge < -0.3 is 15.5 Å². The van der Waals surface area contributed by atoms with Gasteiger partial charge in [0.25, 0.3) is 0 Å². The smallest absolute Gasteiger partial charge is 0.225 e. The maximum Gasteiger partial charge on any atom is 0.225 e. The summed E-state index contributed by atoms with van der Waals surface area (Å²) in [6, 6.07) is 8.36. The van der Waals surface area contributed by atoms with E-state index in [-0.39, 0.29) is 11.8 Å². The molecule has 0 aliphatic carbocycles. The highest BCUT2D eigenvalue weighted by Crippen LogP contribution is 2.27. The Morgan fingerprint density at radius 3 is 2.46 bits per heavy atom. The van der Waals surface area contributed by atoms with Crippen LogP contribution in [-0.4, -0.2) is 47.0 Å². The van der Waals surface area contributed by atoms with Crippen molar-refractivity contribution in [2.45, 2.75) is 0 Å². The highest BCUT2D eigenvalue weighted by Gasteiger charge is 2.16. The average molecular weight is 388 g/mol. The quantitative estimate of drug-likeness (QED) is 0.602. The molecule has 6 nitrogen and oxygen atoms in total. The van der Waals surface area contributed by atoms with E-state index in [9.17, 15) is 13.2 Å². The van der Waals surface area contributed by atoms with Crippen molar-refractivity contribution in [1.82, 2.24) is 19.9 Å².